The number of furan rings is 1. The van der Waals surface area contributed by atoms with Gasteiger partial charge in [-0.05, 0) is 26.0 Å². The molecule has 0 bridgehead atoms. The molecule has 0 atom stereocenters. The van der Waals surface area contributed by atoms with Gasteiger partial charge in [0.15, 0.2) is 0 Å². The number of aromatic nitrogens is 2. The van der Waals surface area contributed by atoms with E-state index in [1.54, 1.807) is 6.26 Å². The number of hydrogen-bond donors (Lipinski definition) is 1. The van der Waals surface area contributed by atoms with Gasteiger partial charge in [0, 0.05) is 12.7 Å². The zero-order valence-corrected chi connectivity index (χ0v) is 9.03. The summed E-state index contributed by atoms with van der Waals surface area (Å²) in [7, 11) is 0. The van der Waals surface area contributed by atoms with Gasteiger partial charge in [0.05, 0.1) is 24.2 Å². The molecule has 0 saturated carbocycles. The van der Waals surface area contributed by atoms with Crippen LogP contribution in [0.15, 0.2) is 29.0 Å². The lowest BCUT2D eigenvalue weighted by molar-refractivity contribution is 0.518. The molecule has 1 N–H and O–H groups in total. The van der Waals surface area contributed by atoms with Crippen LogP contribution in [0.1, 0.15) is 18.4 Å². The van der Waals surface area contributed by atoms with Crippen molar-refractivity contribution in [3.05, 3.63) is 36.0 Å². The van der Waals surface area contributed by atoms with E-state index in [0.29, 0.717) is 6.54 Å². The lowest BCUT2D eigenvalue weighted by Gasteiger charge is -2.00. The minimum Gasteiger partial charge on any atom is -0.467 e. The van der Waals surface area contributed by atoms with E-state index in [1.807, 2.05) is 29.9 Å². The van der Waals surface area contributed by atoms with Crippen molar-refractivity contribution >= 4 is 5.69 Å². The molecule has 80 valence electrons. The van der Waals surface area contributed by atoms with Crippen molar-refractivity contribution in [3.8, 4) is 0 Å². The maximum atomic E-state index is 5.24. The molecule has 0 aliphatic carbocycles. The number of aryl methyl sites for hydroxylation is 2. The van der Waals surface area contributed by atoms with Crippen LogP contribution in [-0.4, -0.2) is 9.78 Å². The van der Waals surface area contributed by atoms with E-state index in [2.05, 4.69) is 17.3 Å². The Balaban J connectivity index is 2.01. The predicted molar refractivity (Wildman–Crippen MR) is 58.7 cm³/mol. The molecule has 0 saturated heterocycles. The Labute approximate surface area is 88.9 Å². The summed E-state index contributed by atoms with van der Waals surface area (Å²) in [6, 6.07) is 3.84. The minimum atomic E-state index is 0.698. The molecule has 0 aliphatic heterocycles. The second kappa shape index (κ2) is 4.21. The van der Waals surface area contributed by atoms with Gasteiger partial charge in [-0.1, -0.05) is 0 Å². The van der Waals surface area contributed by atoms with E-state index in [-0.39, 0.29) is 0 Å². The first-order valence-electron chi connectivity index (χ1n) is 5.10. The molecule has 0 fully saturated rings. The Hall–Kier alpha value is -1.71. The van der Waals surface area contributed by atoms with Gasteiger partial charge in [-0.3, -0.25) is 4.68 Å². The molecule has 0 aliphatic rings. The van der Waals surface area contributed by atoms with Crippen molar-refractivity contribution in [1.82, 2.24) is 9.78 Å². The first kappa shape index (κ1) is 9.83. The molecule has 4 heteroatoms. The highest BCUT2D eigenvalue weighted by Gasteiger charge is 2.03. The minimum absolute atomic E-state index is 0.698. The Morgan fingerprint density at radius 1 is 1.53 bits per heavy atom. The fourth-order valence-corrected chi connectivity index (χ4v) is 1.45. The second-order valence-corrected chi connectivity index (χ2v) is 3.42. The zero-order valence-electron chi connectivity index (χ0n) is 9.03. The van der Waals surface area contributed by atoms with Crippen molar-refractivity contribution in [2.45, 2.75) is 26.9 Å². The zero-order chi connectivity index (χ0) is 10.7. The Bertz CT molecular complexity index is 417. The Morgan fingerprint density at radius 2 is 2.40 bits per heavy atom. The SMILES string of the molecule is CCn1cc(NCc2ccco2)c(C)n1. The quantitative estimate of drug-likeness (QED) is 0.833. The van der Waals surface area contributed by atoms with E-state index in [0.717, 1.165) is 23.7 Å². The summed E-state index contributed by atoms with van der Waals surface area (Å²) in [5.41, 5.74) is 2.08. The molecular weight excluding hydrogens is 190 g/mol. The van der Waals surface area contributed by atoms with Gasteiger partial charge in [0.2, 0.25) is 0 Å². The number of nitrogens with one attached hydrogen (secondary N) is 1. The number of hydrogen-bond acceptors (Lipinski definition) is 3. The van der Waals surface area contributed by atoms with E-state index >= 15 is 0 Å². The highest BCUT2D eigenvalue weighted by atomic mass is 16.3. The van der Waals surface area contributed by atoms with E-state index in [4.69, 9.17) is 4.42 Å². The number of anilines is 1. The standard InChI is InChI=1S/C11H15N3O/c1-3-14-8-11(9(2)13-14)12-7-10-5-4-6-15-10/h4-6,8,12H,3,7H2,1-2H3. The fourth-order valence-electron chi connectivity index (χ4n) is 1.45. The summed E-state index contributed by atoms with van der Waals surface area (Å²) >= 11 is 0. The Morgan fingerprint density at radius 3 is 3.00 bits per heavy atom. The smallest absolute Gasteiger partial charge is 0.122 e. The van der Waals surface area contributed by atoms with Gasteiger partial charge in [0.25, 0.3) is 0 Å². The maximum Gasteiger partial charge on any atom is 0.122 e. The van der Waals surface area contributed by atoms with Crippen molar-refractivity contribution in [2.24, 2.45) is 0 Å². The van der Waals surface area contributed by atoms with Crippen LogP contribution < -0.4 is 5.32 Å². The third kappa shape index (κ3) is 2.21. The van der Waals surface area contributed by atoms with Gasteiger partial charge >= 0.3 is 0 Å². The van der Waals surface area contributed by atoms with Crippen LogP contribution in [0.4, 0.5) is 5.69 Å². The second-order valence-electron chi connectivity index (χ2n) is 3.42. The normalized spacial score (nSPS) is 10.5. The lowest BCUT2D eigenvalue weighted by Crippen LogP contribution is -1.98. The highest BCUT2D eigenvalue weighted by Crippen LogP contribution is 2.13. The van der Waals surface area contributed by atoms with Crippen LogP contribution in [0.5, 0.6) is 0 Å². The summed E-state index contributed by atoms with van der Waals surface area (Å²) in [6.07, 6.45) is 3.69. The number of rotatable bonds is 4. The van der Waals surface area contributed by atoms with Crippen LogP contribution in [0.3, 0.4) is 0 Å². The molecule has 0 spiro atoms. The molecule has 15 heavy (non-hydrogen) atoms. The third-order valence-electron chi connectivity index (χ3n) is 2.30. The molecular formula is C11H15N3O. The molecule has 0 amide bonds. The molecule has 2 aromatic rings. The van der Waals surface area contributed by atoms with Crippen LogP contribution in [0, 0.1) is 6.92 Å². The van der Waals surface area contributed by atoms with Crippen LogP contribution >= 0.6 is 0 Å². The topological polar surface area (TPSA) is 43.0 Å². The van der Waals surface area contributed by atoms with Crippen molar-refractivity contribution in [2.75, 3.05) is 5.32 Å². The van der Waals surface area contributed by atoms with Gasteiger partial charge < -0.3 is 9.73 Å². The molecule has 0 aromatic carbocycles. The summed E-state index contributed by atoms with van der Waals surface area (Å²) in [6.45, 7) is 5.66. The Kier molecular flexibility index (Phi) is 2.76. The summed E-state index contributed by atoms with van der Waals surface area (Å²) < 4.78 is 7.15. The lowest BCUT2D eigenvalue weighted by atomic mass is 10.4. The average molecular weight is 205 g/mol. The van der Waals surface area contributed by atoms with E-state index in [9.17, 15) is 0 Å². The van der Waals surface area contributed by atoms with Gasteiger partial charge in [0.1, 0.15) is 5.76 Å². The van der Waals surface area contributed by atoms with Crippen LogP contribution in [-0.2, 0) is 13.1 Å². The monoisotopic (exact) mass is 205 g/mol. The fraction of sp³-hybridized carbons (Fsp3) is 0.364. The maximum absolute atomic E-state index is 5.24. The van der Waals surface area contributed by atoms with Crippen molar-refractivity contribution in [1.29, 1.82) is 0 Å². The molecule has 0 unspecified atom stereocenters. The van der Waals surface area contributed by atoms with Crippen LogP contribution in [0.2, 0.25) is 0 Å². The molecule has 2 heterocycles. The molecule has 0 radical (unpaired) electrons. The summed E-state index contributed by atoms with van der Waals surface area (Å²) in [4.78, 5) is 0. The first-order chi connectivity index (χ1) is 7.29. The third-order valence-corrected chi connectivity index (χ3v) is 2.30. The largest absolute Gasteiger partial charge is 0.467 e. The van der Waals surface area contributed by atoms with Gasteiger partial charge in [-0.2, -0.15) is 5.10 Å². The van der Waals surface area contributed by atoms with Gasteiger partial charge in [-0.25, -0.2) is 0 Å². The van der Waals surface area contributed by atoms with Crippen LogP contribution in [0.25, 0.3) is 0 Å². The predicted octanol–water partition coefficient (Wildman–Crippen LogP) is 2.42. The summed E-state index contributed by atoms with van der Waals surface area (Å²) in [5.74, 6) is 0.929. The molecule has 2 aromatic heterocycles. The van der Waals surface area contributed by atoms with Crippen molar-refractivity contribution < 1.29 is 4.42 Å². The summed E-state index contributed by atoms with van der Waals surface area (Å²) in [5, 5.41) is 7.65. The van der Waals surface area contributed by atoms with E-state index in [1.165, 1.54) is 0 Å². The van der Waals surface area contributed by atoms with Gasteiger partial charge in [-0.15, -0.1) is 0 Å². The molecule has 2 rings (SSSR count). The average Bonchev–Trinajstić information content (AvgIpc) is 2.84. The van der Waals surface area contributed by atoms with E-state index < -0.39 is 0 Å². The highest BCUT2D eigenvalue weighted by molar-refractivity contribution is 5.45. The number of nitrogens with zero attached hydrogens (tertiary/aromatic N) is 2. The molecule has 4 nitrogen and oxygen atoms in total. The first-order valence-corrected chi connectivity index (χ1v) is 5.10. The van der Waals surface area contributed by atoms with Crippen molar-refractivity contribution in [3.63, 3.8) is 0 Å².